The third-order valence-corrected chi connectivity index (χ3v) is 6.63. The average molecular weight is 842 g/mol. The Morgan fingerprint density at radius 3 is 0.655 bits per heavy atom. The number of halogens is 21. The Morgan fingerprint density at radius 1 is 0.273 bits per heavy atom. The van der Waals surface area contributed by atoms with Gasteiger partial charge in [-0.15, -0.1) is 0 Å². The Labute approximate surface area is 283 Å². The number of alkyl halides is 12. The van der Waals surface area contributed by atoms with Gasteiger partial charge in [0, 0.05) is 0 Å². The second-order valence-corrected chi connectivity index (χ2v) is 10.1. The van der Waals surface area contributed by atoms with Crippen molar-refractivity contribution in [1.29, 1.82) is 0 Å². The molecule has 0 aromatic heterocycles. The topological polar surface area (TPSA) is 83.1 Å². The van der Waals surface area contributed by atoms with Gasteiger partial charge in [0.15, 0.2) is 17.2 Å². The molecule has 0 saturated heterocycles. The minimum absolute atomic E-state index is 2.62. The summed E-state index contributed by atoms with van der Waals surface area (Å²) in [5.74, 6) is -51.8. The fourth-order valence-electron chi connectivity index (χ4n) is 4.15. The zero-order valence-corrected chi connectivity index (χ0v) is 24.2. The van der Waals surface area contributed by atoms with Gasteiger partial charge in [-0.1, -0.05) is 0 Å². The van der Waals surface area contributed by atoms with Crippen molar-refractivity contribution in [2.24, 2.45) is 0 Å². The Balaban J connectivity index is 1.59. The molecule has 0 amide bonds. The fourth-order valence-corrected chi connectivity index (χ4v) is 4.15. The number of rotatable bonds is 6. The highest BCUT2D eigenvalue weighted by molar-refractivity contribution is 6.40. The van der Waals surface area contributed by atoms with Crippen LogP contribution in [0.3, 0.4) is 0 Å². The monoisotopic (exact) mass is 842 g/mol. The molecule has 0 bridgehead atoms. The van der Waals surface area contributed by atoms with E-state index in [-0.39, 0.29) is 0 Å². The van der Waals surface area contributed by atoms with E-state index in [1.807, 2.05) is 0 Å². The lowest BCUT2D eigenvalue weighted by atomic mass is 10.1. The van der Waals surface area contributed by atoms with Gasteiger partial charge < -0.3 is 42.4 Å². The van der Waals surface area contributed by atoms with Crippen LogP contribution in [0, 0.1) is 52.4 Å². The number of hydrogen-bond donors (Lipinski definition) is 0. The second kappa shape index (κ2) is 11.7. The smallest absolute Gasteiger partial charge is 0.484 e. The van der Waals surface area contributed by atoms with Crippen LogP contribution in [0.4, 0.5) is 92.2 Å². The number of ether oxygens (including phenoxy) is 6. The molecule has 0 radical (unpaired) electrons. The van der Waals surface area contributed by atoms with Gasteiger partial charge in [-0.3, -0.25) is 0 Å². The predicted octanol–water partition coefficient (Wildman–Crippen LogP) is 8.33. The lowest BCUT2D eigenvalue weighted by Crippen LogP contribution is -2.53. The van der Waals surface area contributed by atoms with Gasteiger partial charge in [0.25, 0.3) is 0 Å². The normalized spacial score (nSPS) is 20.0. The van der Waals surface area contributed by atoms with Crippen molar-refractivity contribution in [2.45, 2.75) is 36.7 Å². The van der Waals surface area contributed by atoms with Crippen molar-refractivity contribution >= 4 is 7.32 Å². The van der Waals surface area contributed by atoms with Gasteiger partial charge in [0.2, 0.25) is 86.9 Å². The van der Waals surface area contributed by atoms with Crippen molar-refractivity contribution in [1.82, 2.24) is 0 Å². The molecule has 3 aliphatic heterocycles. The SMILES string of the molecule is Fc1c(F)c(OB(Oc2c(F)c(F)c(F)c3c2OC(F)(F)C(F)(F)O3)Oc2c(F)c(F)c(F)c3c2OC(F)(F)C(F)(F)O3)c2c(c1F)OC(F)(F)C(F)(F)O2. The summed E-state index contributed by atoms with van der Waals surface area (Å²) in [4.78, 5) is 0. The Hall–Kier alpha value is -5.55. The van der Waals surface area contributed by atoms with Crippen molar-refractivity contribution in [3.8, 4) is 51.7 Å². The molecule has 0 saturated carbocycles. The summed E-state index contributed by atoms with van der Waals surface area (Å²) in [6.07, 6.45) is -36.3. The first-order valence-corrected chi connectivity index (χ1v) is 13.0. The molecule has 3 aliphatic rings. The van der Waals surface area contributed by atoms with Crippen LogP contribution in [0.2, 0.25) is 0 Å². The molecule has 6 rings (SSSR count). The summed E-state index contributed by atoms with van der Waals surface area (Å²) in [5, 5.41) is 0. The molecule has 0 N–H and O–H groups in total. The minimum Gasteiger partial charge on any atom is -0.484 e. The summed E-state index contributed by atoms with van der Waals surface area (Å²) in [6.45, 7) is 0. The van der Waals surface area contributed by atoms with Crippen LogP contribution < -0.4 is 42.4 Å². The van der Waals surface area contributed by atoms with Gasteiger partial charge in [0.05, 0.1) is 0 Å². The average Bonchev–Trinajstić information content (AvgIpc) is 3.06. The minimum atomic E-state index is -6.10. The highest BCUT2D eigenvalue weighted by Crippen LogP contribution is 2.57. The van der Waals surface area contributed by atoms with E-state index < -0.39 is 148 Å². The standard InChI is InChI=1S/C24BF21O9/c26-1-4(29)10-16(50-22(41,42)19(35,36)47-10)13(7(1)32)53-25(54-14-8(33)2(27)5(30)11-17(14)51-23(43,44)20(37,38)48-11)55-15-9(34)3(28)6(31)12-18(15)52-24(45,46)21(39,40)49-12. The molecule has 31 heteroatoms. The van der Waals surface area contributed by atoms with E-state index in [1.165, 1.54) is 0 Å². The molecule has 300 valence electrons. The molecule has 0 spiro atoms. The lowest BCUT2D eigenvalue weighted by molar-refractivity contribution is -0.392. The van der Waals surface area contributed by atoms with Crippen LogP contribution in [-0.4, -0.2) is 44.0 Å². The maximum Gasteiger partial charge on any atom is 0.864 e. The molecule has 9 nitrogen and oxygen atoms in total. The third kappa shape index (κ3) is 5.70. The van der Waals surface area contributed by atoms with Crippen LogP contribution in [0.1, 0.15) is 0 Å². The molecule has 3 aromatic rings. The van der Waals surface area contributed by atoms with E-state index >= 15 is 13.2 Å². The molecule has 0 aliphatic carbocycles. The van der Waals surface area contributed by atoms with E-state index in [4.69, 9.17) is 0 Å². The third-order valence-electron chi connectivity index (χ3n) is 6.63. The first-order chi connectivity index (χ1) is 25.0. The molecule has 55 heavy (non-hydrogen) atoms. The van der Waals surface area contributed by atoms with Gasteiger partial charge in [-0.2, -0.15) is 79.0 Å². The number of hydrogen-bond acceptors (Lipinski definition) is 9. The molecule has 0 atom stereocenters. The second-order valence-electron chi connectivity index (χ2n) is 10.1. The summed E-state index contributed by atoms with van der Waals surface area (Å²) in [5.41, 5.74) is 0. The molecular formula is C24BF21O9. The van der Waals surface area contributed by atoms with E-state index in [9.17, 15) is 79.0 Å². The highest BCUT2D eigenvalue weighted by atomic mass is 19.3. The van der Waals surface area contributed by atoms with Crippen molar-refractivity contribution in [3.05, 3.63) is 52.4 Å². The molecular weight excluding hydrogens is 842 g/mol. The van der Waals surface area contributed by atoms with Gasteiger partial charge in [0.1, 0.15) is 0 Å². The quantitative estimate of drug-likeness (QED) is 0.138. The van der Waals surface area contributed by atoms with Crippen LogP contribution in [-0.2, 0) is 0 Å². The summed E-state index contributed by atoms with van der Waals surface area (Å²) in [6, 6.07) is 0. The van der Waals surface area contributed by atoms with Crippen LogP contribution in [0.15, 0.2) is 0 Å². The van der Waals surface area contributed by atoms with E-state index in [0.717, 1.165) is 0 Å². The van der Waals surface area contributed by atoms with Crippen LogP contribution >= 0.6 is 0 Å². The largest absolute Gasteiger partial charge is 0.864 e. The zero-order chi connectivity index (χ0) is 41.3. The Kier molecular flexibility index (Phi) is 8.35. The maximum atomic E-state index is 15.0. The van der Waals surface area contributed by atoms with E-state index in [0.29, 0.717) is 0 Å². The molecule has 0 fully saturated rings. The van der Waals surface area contributed by atoms with Crippen molar-refractivity contribution < 1.29 is 135 Å². The fraction of sp³-hybridized carbons (Fsp3) is 0.250. The molecule has 0 unspecified atom stereocenters. The van der Waals surface area contributed by atoms with Crippen LogP contribution in [0.25, 0.3) is 0 Å². The lowest BCUT2D eigenvalue weighted by Gasteiger charge is -2.34. The maximum absolute atomic E-state index is 15.0. The first kappa shape index (κ1) is 39.2. The van der Waals surface area contributed by atoms with Crippen molar-refractivity contribution in [3.63, 3.8) is 0 Å². The Bertz CT molecular complexity index is 1910. The van der Waals surface area contributed by atoms with E-state index in [2.05, 4.69) is 42.4 Å². The Morgan fingerprint density at radius 2 is 0.455 bits per heavy atom. The summed E-state index contributed by atoms with van der Waals surface area (Å²) in [7, 11) is -4.27. The number of fused-ring (bicyclic) bond motifs is 3. The summed E-state index contributed by atoms with van der Waals surface area (Å²) >= 11 is 0. The molecule has 3 aromatic carbocycles. The van der Waals surface area contributed by atoms with Gasteiger partial charge >= 0.3 is 44.0 Å². The van der Waals surface area contributed by atoms with Gasteiger partial charge in [-0.05, 0) is 0 Å². The van der Waals surface area contributed by atoms with Crippen LogP contribution in [0.5, 0.6) is 51.7 Å². The van der Waals surface area contributed by atoms with Gasteiger partial charge in [-0.25, -0.2) is 13.2 Å². The predicted molar refractivity (Wildman–Crippen MR) is 120 cm³/mol. The summed E-state index contributed by atoms with van der Waals surface area (Å²) < 4.78 is 331. The highest BCUT2D eigenvalue weighted by Gasteiger charge is 2.70. The number of benzene rings is 3. The van der Waals surface area contributed by atoms with Crippen molar-refractivity contribution in [2.75, 3.05) is 0 Å². The van der Waals surface area contributed by atoms with E-state index in [1.54, 1.807) is 0 Å². The zero-order valence-electron chi connectivity index (χ0n) is 24.2. The molecule has 3 heterocycles. The first-order valence-electron chi connectivity index (χ1n) is 13.0.